The van der Waals surface area contributed by atoms with Crippen LogP contribution < -0.4 is 4.31 Å². The predicted octanol–water partition coefficient (Wildman–Crippen LogP) is 4.02. The van der Waals surface area contributed by atoms with Crippen molar-refractivity contribution in [3.63, 3.8) is 0 Å². The number of hydrogen-bond donors (Lipinski definition) is 2. The predicted molar refractivity (Wildman–Crippen MR) is 111 cm³/mol. The standard InChI is InChI=1S/C18H17BrN4O4S/c1-11-5-3-4-6-15(11)23(28(2,26)27)10-16(24)21-22-17-13-9-12(19)7-8-14(13)20-18(17)25/h3-9,20,25H,10H2,1-2H3. The Bertz CT molecular complexity index is 1190. The van der Waals surface area contributed by atoms with Crippen molar-refractivity contribution in [2.45, 2.75) is 6.92 Å². The van der Waals surface area contributed by atoms with Crippen LogP contribution in [-0.4, -0.2) is 37.2 Å². The summed E-state index contributed by atoms with van der Waals surface area (Å²) in [6.45, 7) is 1.25. The molecule has 0 atom stereocenters. The molecule has 0 bridgehead atoms. The van der Waals surface area contributed by atoms with E-state index >= 15 is 0 Å². The normalized spacial score (nSPS) is 12.0. The molecule has 0 unspecified atom stereocenters. The molecule has 0 spiro atoms. The summed E-state index contributed by atoms with van der Waals surface area (Å²) in [5.74, 6) is -0.999. The lowest BCUT2D eigenvalue weighted by Gasteiger charge is -2.22. The van der Waals surface area contributed by atoms with E-state index in [1.807, 2.05) is 0 Å². The van der Waals surface area contributed by atoms with Crippen molar-refractivity contribution in [1.82, 2.24) is 4.98 Å². The molecule has 0 fully saturated rings. The Morgan fingerprint density at radius 2 is 1.96 bits per heavy atom. The van der Waals surface area contributed by atoms with Gasteiger partial charge in [0, 0.05) is 9.86 Å². The van der Waals surface area contributed by atoms with Crippen molar-refractivity contribution in [2.24, 2.45) is 10.2 Å². The minimum Gasteiger partial charge on any atom is -0.493 e. The molecule has 1 aromatic heterocycles. The summed E-state index contributed by atoms with van der Waals surface area (Å²) in [5.41, 5.74) is 1.83. The van der Waals surface area contributed by atoms with Gasteiger partial charge in [0.2, 0.25) is 15.9 Å². The molecule has 2 N–H and O–H groups in total. The molecule has 0 saturated carbocycles. The Morgan fingerprint density at radius 3 is 2.64 bits per heavy atom. The third kappa shape index (κ3) is 4.23. The van der Waals surface area contributed by atoms with Crippen LogP contribution in [0.2, 0.25) is 0 Å². The molecule has 1 heterocycles. The Labute approximate surface area is 170 Å². The molecule has 0 aliphatic carbocycles. The molecule has 8 nitrogen and oxygen atoms in total. The van der Waals surface area contributed by atoms with Crippen LogP contribution in [-0.2, 0) is 14.8 Å². The van der Waals surface area contributed by atoms with E-state index in [0.29, 0.717) is 22.2 Å². The maximum atomic E-state index is 12.3. The topological polar surface area (TPSA) is 115 Å². The van der Waals surface area contributed by atoms with Gasteiger partial charge in [0.1, 0.15) is 6.54 Å². The second-order valence-corrected chi connectivity index (χ2v) is 8.98. The molecule has 28 heavy (non-hydrogen) atoms. The second kappa shape index (κ2) is 7.72. The number of sulfonamides is 1. The zero-order valence-corrected chi connectivity index (χ0v) is 17.5. The summed E-state index contributed by atoms with van der Waals surface area (Å²) in [6.07, 6.45) is 1.02. The van der Waals surface area contributed by atoms with Crippen LogP contribution in [0.3, 0.4) is 0 Å². The number of aromatic amines is 1. The van der Waals surface area contributed by atoms with Gasteiger partial charge in [-0.1, -0.05) is 34.1 Å². The third-order valence-electron chi connectivity index (χ3n) is 4.04. The van der Waals surface area contributed by atoms with Gasteiger partial charge < -0.3 is 10.1 Å². The van der Waals surface area contributed by atoms with Crippen molar-refractivity contribution < 1.29 is 18.3 Å². The highest BCUT2D eigenvalue weighted by atomic mass is 79.9. The Kier molecular flexibility index (Phi) is 5.52. The summed E-state index contributed by atoms with van der Waals surface area (Å²) in [6, 6.07) is 12.1. The summed E-state index contributed by atoms with van der Waals surface area (Å²) in [5, 5.41) is 18.0. The van der Waals surface area contributed by atoms with E-state index in [0.717, 1.165) is 15.0 Å². The van der Waals surface area contributed by atoms with Gasteiger partial charge in [-0.05, 0) is 36.8 Å². The van der Waals surface area contributed by atoms with Crippen LogP contribution in [0.1, 0.15) is 5.56 Å². The van der Waals surface area contributed by atoms with E-state index in [1.54, 1.807) is 49.4 Å². The third-order valence-corrected chi connectivity index (χ3v) is 5.66. The zero-order chi connectivity index (χ0) is 20.5. The number of rotatable bonds is 5. The monoisotopic (exact) mass is 464 g/mol. The number of aromatic hydroxyl groups is 1. The Morgan fingerprint density at radius 1 is 1.25 bits per heavy atom. The summed E-state index contributed by atoms with van der Waals surface area (Å²) in [7, 11) is -3.71. The molecule has 10 heteroatoms. The molecule has 0 aliphatic heterocycles. The number of H-pyrrole nitrogens is 1. The fourth-order valence-corrected chi connectivity index (χ4v) is 3.99. The molecular weight excluding hydrogens is 448 g/mol. The summed E-state index contributed by atoms with van der Waals surface area (Å²) in [4.78, 5) is 15.1. The lowest BCUT2D eigenvalue weighted by Crippen LogP contribution is -2.34. The number of carbonyl (C=O) groups excluding carboxylic acids is 1. The first-order valence-corrected chi connectivity index (χ1v) is 10.8. The number of carbonyl (C=O) groups is 1. The number of aromatic nitrogens is 1. The van der Waals surface area contributed by atoms with E-state index in [9.17, 15) is 18.3 Å². The highest BCUT2D eigenvalue weighted by molar-refractivity contribution is 9.10. The van der Waals surface area contributed by atoms with Gasteiger partial charge in [0.05, 0.1) is 17.5 Å². The number of benzene rings is 2. The first-order valence-electron chi connectivity index (χ1n) is 8.15. The molecular formula is C18H17BrN4O4S. The van der Waals surface area contributed by atoms with Crippen LogP contribution in [0.4, 0.5) is 11.4 Å². The summed E-state index contributed by atoms with van der Waals surface area (Å²) >= 11 is 3.33. The average molecular weight is 465 g/mol. The number of aryl methyl sites for hydroxylation is 1. The number of nitrogens with one attached hydrogen (secondary N) is 1. The second-order valence-electron chi connectivity index (χ2n) is 6.16. The zero-order valence-electron chi connectivity index (χ0n) is 15.0. The number of halogens is 1. The fourth-order valence-electron chi connectivity index (χ4n) is 2.72. The Balaban J connectivity index is 1.89. The molecule has 0 aliphatic rings. The van der Waals surface area contributed by atoms with Gasteiger partial charge in [0.15, 0.2) is 5.69 Å². The molecule has 0 saturated heterocycles. The number of azo groups is 1. The van der Waals surface area contributed by atoms with Gasteiger partial charge in [-0.3, -0.25) is 9.10 Å². The van der Waals surface area contributed by atoms with Crippen molar-refractivity contribution in [3.05, 3.63) is 52.5 Å². The number of amides is 1. The maximum Gasteiger partial charge on any atom is 0.285 e. The van der Waals surface area contributed by atoms with Crippen LogP contribution in [0.15, 0.2) is 57.2 Å². The number of para-hydroxylation sites is 1. The smallest absolute Gasteiger partial charge is 0.285 e. The fraction of sp³-hybridized carbons (Fsp3) is 0.167. The highest BCUT2D eigenvalue weighted by Gasteiger charge is 2.22. The number of nitrogens with zero attached hydrogens (tertiary/aromatic N) is 3. The molecule has 3 rings (SSSR count). The molecule has 2 aromatic carbocycles. The van der Waals surface area contributed by atoms with Gasteiger partial charge in [-0.15, -0.1) is 10.2 Å². The average Bonchev–Trinajstić information content (AvgIpc) is 2.92. The first kappa shape index (κ1) is 20.0. The van der Waals surface area contributed by atoms with E-state index in [1.165, 1.54) is 0 Å². The van der Waals surface area contributed by atoms with E-state index in [4.69, 9.17) is 0 Å². The van der Waals surface area contributed by atoms with Crippen LogP contribution >= 0.6 is 15.9 Å². The van der Waals surface area contributed by atoms with E-state index in [-0.39, 0.29) is 11.6 Å². The Hall–Kier alpha value is -2.72. The molecule has 3 aromatic rings. The van der Waals surface area contributed by atoms with Crippen molar-refractivity contribution in [2.75, 3.05) is 17.1 Å². The van der Waals surface area contributed by atoms with E-state index in [2.05, 4.69) is 31.1 Å². The van der Waals surface area contributed by atoms with Crippen LogP contribution in [0, 0.1) is 6.92 Å². The molecule has 0 radical (unpaired) electrons. The number of fused-ring (bicyclic) bond motifs is 1. The minimum absolute atomic E-state index is 0.103. The van der Waals surface area contributed by atoms with Gasteiger partial charge in [-0.2, -0.15) is 0 Å². The van der Waals surface area contributed by atoms with Gasteiger partial charge in [-0.25, -0.2) is 8.42 Å². The van der Waals surface area contributed by atoms with Crippen molar-refractivity contribution >= 4 is 54.1 Å². The summed E-state index contributed by atoms with van der Waals surface area (Å²) < 4.78 is 26.1. The SMILES string of the molecule is Cc1ccccc1N(CC(=O)N=Nc1c(O)[nH]c2ccc(Br)cc12)S(C)(=O)=O. The largest absolute Gasteiger partial charge is 0.493 e. The molecule has 1 amide bonds. The van der Waals surface area contributed by atoms with Crippen LogP contribution in [0.25, 0.3) is 10.9 Å². The lowest BCUT2D eigenvalue weighted by atomic mass is 10.2. The molecule has 146 valence electrons. The van der Waals surface area contributed by atoms with Crippen molar-refractivity contribution in [1.29, 1.82) is 0 Å². The first-order chi connectivity index (χ1) is 13.2. The van der Waals surface area contributed by atoms with Gasteiger partial charge in [0.25, 0.3) is 5.91 Å². The minimum atomic E-state index is -3.71. The van der Waals surface area contributed by atoms with Crippen LogP contribution in [0.5, 0.6) is 5.88 Å². The maximum absolute atomic E-state index is 12.3. The van der Waals surface area contributed by atoms with Gasteiger partial charge >= 0.3 is 0 Å². The number of hydrogen-bond acceptors (Lipinski definition) is 5. The van der Waals surface area contributed by atoms with Crippen molar-refractivity contribution in [3.8, 4) is 5.88 Å². The van der Waals surface area contributed by atoms with E-state index < -0.39 is 22.5 Å². The number of anilines is 1. The highest BCUT2D eigenvalue weighted by Crippen LogP contribution is 2.36. The quantitative estimate of drug-likeness (QED) is 0.554. The lowest BCUT2D eigenvalue weighted by molar-refractivity contribution is -0.116.